The summed E-state index contributed by atoms with van der Waals surface area (Å²) < 4.78 is 0. The average molecular weight is 319 g/mol. The van der Waals surface area contributed by atoms with E-state index in [2.05, 4.69) is 34.5 Å². The molecule has 0 aliphatic carbocycles. The van der Waals surface area contributed by atoms with Crippen molar-refractivity contribution in [3.8, 4) is 0 Å². The highest BCUT2D eigenvalue weighted by Gasteiger charge is 2.17. The van der Waals surface area contributed by atoms with Crippen LogP contribution in [0, 0.1) is 0 Å². The Balaban J connectivity index is 1.35. The maximum absolute atomic E-state index is 12.0. The van der Waals surface area contributed by atoms with Crippen LogP contribution in [0.3, 0.4) is 0 Å². The van der Waals surface area contributed by atoms with Crippen molar-refractivity contribution in [2.45, 2.75) is 19.4 Å². The molecule has 0 radical (unpaired) electrons. The maximum atomic E-state index is 12.0. The van der Waals surface area contributed by atoms with Crippen molar-refractivity contribution in [1.29, 1.82) is 0 Å². The topological polar surface area (TPSA) is 35.6 Å². The van der Waals surface area contributed by atoms with Gasteiger partial charge in [0.25, 0.3) is 0 Å². The number of nitrogens with one attached hydrogen (secondary N) is 1. The molecule has 0 saturated carbocycles. The van der Waals surface area contributed by atoms with Crippen LogP contribution in [0.2, 0.25) is 0 Å². The van der Waals surface area contributed by atoms with E-state index < -0.39 is 0 Å². The number of hydrogen-bond donors (Lipinski definition) is 1. The van der Waals surface area contributed by atoms with Gasteiger partial charge >= 0.3 is 6.03 Å². The lowest BCUT2D eigenvalue weighted by Crippen LogP contribution is -2.45. The number of thioether (sulfide) groups is 1. The normalized spacial score (nSPS) is 18.8. The summed E-state index contributed by atoms with van der Waals surface area (Å²) in [4.78, 5) is 16.4. The predicted molar refractivity (Wildman–Crippen MR) is 92.3 cm³/mol. The monoisotopic (exact) mass is 319 g/mol. The van der Waals surface area contributed by atoms with Gasteiger partial charge in [-0.3, -0.25) is 4.90 Å². The van der Waals surface area contributed by atoms with Crippen LogP contribution in [0.1, 0.15) is 17.5 Å². The lowest BCUT2D eigenvalue weighted by molar-refractivity contribution is 0.201. The zero-order valence-corrected chi connectivity index (χ0v) is 13.9. The van der Waals surface area contributed by atoms with E-state index in [9.17, 15) is 4.79 Å². The summed E-state index contributed by atoms with van der Waals surface area (Å²) in [5.41, 5.74) is 2.96. The molecule has 3 rings (SSSR count). The highest BCUT2D eigenvalue weighted by Crippen LogP contribution is 2.18. The van der Waals surface area contributed by atoms with E-state index in [1.807, 2.05) is 16.7 Å². The number of fused-ring (bicyclic) bond motifs is 1. The smallest absolute Gasteiger partial charge is 0.317 e. The first-order valence-electron chi connectivity index (χ1n) is 8.22. The second-order valence-electron chi connectivity index (χ2n) is 5.98. The second kappa shape index (κ2) is 7.88. The molecule has 5 heteroatoms. The summed E-state index contributed by atoms with van der Waals surface area (Å²) in [5, 5.41) is 3.06. The first kappa shape index (κ1) is 15.7. The summed E-state index contributed by atoms with van der Waals surface area (Å²) in [6, 6.07) is 8.84. The standard InChI is InChI=1S/C17H25N3OS/c21-17(20-10-12-22-13-11-20)18-7-3-8-19-9-6-15-4-1-2-5-16(15)14-19/h1-2,4-5H,3,6-14H2,(H,18,21). The lowest BCUT2D eigenvalue weighted by Gasteiger charge is -2.29. The number of carbonyl (C=O) groups is 1. The molecule has 4 nitrogen and oxygen atoms in total. The quantitative estimate of drug-likeness (QED) is 0.864. The maximum Gasteiger partial charge on any atom is 0.317 e. The van der Waals surface area contributed by atoms with Crippen molar-refractivity contribution >= 4 is 17.8 Å². The molecule has 0 spiro atoms. The summed E-state index contributed by atoms with van der Waals surface area (Å²) >= 11 is 1.93. The van der Waals surface area contributed by atoms with Crippen LogP contribution in [0.4, 0.5) is 4.79 Å². The van der Waals surface area contributed by atoms with Gasteiger partial charge in [-0.05, 0) is 24.0 Å². The van der Waals surface area contributed by atoms with E-state index in [1.165, 1.54) is 11.1 Å². The first-order valence-corrected chi connectivity index (χ1v) is 9.38. The summed E-state index contributed by atoms with van der Waals surface area (Å²) in [5.74, 6) is 2.14. The number of rotatable bonds is 4. The lowest BCUT2D eigenvalue weighted by atomic mass is 10.00. The van der Waals surface area contributed by atoms with Crippen LogP contribution < -0.4 is 5.32 Å². The van der Waals surface area contributed by atoms with Crippen LogP contribution in [-0.4, -0.2) is 60.1 Å². The Morgan fingerprint density at radius 1 is 1.14 bits per heavy atom. The Labute approximate surface area is 137 Å². The van der Waals surface area contributed by atoms with Crippen molar-refractivity contribution in [3.63, 3.8) is 0 Å². The highest BCUT2D eigenvalue weighted by molar-refractivity contribution is 7.99. The van der Waals surface area contributed by atoms with Gasteiger partial charge in [0.15, 0.2) is 0 Å². The number of urea groups is 1. The molecule has 2 aliphatic rings. The molecule has 0 atom stereocenters. The molecule has 0 aromatic heterocycles. The third-order valence-corrected chi connectivity index (χ3v) is 5.38. The van der Waals surface area contributed by atoms with Gasteiger partial charge in [0, 0.05) is 50.8 Å². The molecule has 2 aliphatic heterocycles. The Morgan fingerprint density at radius 3 is 2.73 bits per heavy atom. The van der Waals surface area contributed by atoms with E-state index in [4.69, 9.17) is 0 Å². The molecule has 1 N–H and O–H groups in total. The minimum atomic E-state index is 0.115. The van der Waals surface area contributed by atoms with Crippen molar-refractivity contribution in [3.05, 3.63) is 35.4 Å². The van der Waals surface area contributed by atoms with Crippen LogP contribution in [0.5, 0.6) is 0 Å². The van der Waals surface area contributed by atoms with Gasteiger partial charge in [0.1, 0.15) is 0 Å². The number of nitrogens with zero attached hydrogens (tertiary/aromatic N) is 2. The van der Waals surface area contributed by atoms with Crippen molar-refractivity contribution in [2.75, 3.05) is 44.2 Å². The van der Waals surface area contributed by atoms with Gasteiger partial charge in [0.2, 0.25) is 0 Å². The Bertz CT molecular complexity index is 502. The highest BCUT2D eigenvalue weighted by atomic mass is 32.2. The number of amides is 2. The first-order chi connectivity index (χ1) is 10.8. The number of hydrogen-bond acceptors (Lipinski definition) is 3. The molecule has 1 aromatic rings. The molecular weight excluding hydrogens is 294 g/mol. The van der Waals surface area contributed by atoms with E-state index >= 15 is 0 Å². The average Bonchev–Trinajstić information content (AvgIpc) is 2.59. The summed E-state index contributed by atoms with van der Waals surface area (Å²) in [6.45, 7) is 5.80. The minimum Gasteiger partial charge on any atom is -0.338 e. The summed E-state index contributed by atoms with van der Waals surface area (Å²) in [6.07, 6.45) is 2.17. The molecule has 1 saturated heterocycles. The Kier molecular flexibility index (Phi) is 5.62. The summed E-state index contributed by atoms with van der Waals surface area (Å²) in [7, 11) is 0. The zero-order chi connectivity index (χ0) is 15.2. The Morgan fingerprint density at radius 2 is 1.91 bits per heavy atom. The molecule has 120 valence electrons. The number of carbonyl (C=O) groups excluding carboxylic acids is 1. The SMILES string of the molecule is O=C(NCCCN1CCc2ccccc2C1)N1CCSCC1. The van der Waals surface area contributed by atoms with Gasteiger partial charge < -0.3 is 10.2 Å². The molecule has 0 unspecified atom stereocenters. The number of benzene rings is 1. The minimum absolute atomic E-state index is 0.115. The van der Waals surface area contributed by atoms with Crippen molar-refractivity contribution in [2.24, 2.45) is 0 Å². The molecular formula is C17H25N3OS. The molecule has 1 aromatic carbocycles. The second-order valence-corrected chi connectivity index (χ2v) is 7.20. The molecule has 0 bridgehead atoms. The van der Waals surface area contributed by atoms with E-state index in [0.717, 1.165) is 63.6 Å². The molecule has 2 heterocycles. The van der Waals surface area contributed by atoms with Crippen LogP contribution in [0.25, 0.3) is 0 Å². The van der Waals surface area contributed by atoms with Crippen LogP contribution >= 0.6 is 11.8 Å². The molecule has 1 fully saturated rings. The molecule has 2 amide bonds. The Hall–Kier alpha value is -1.20. The van der Waals surface area contributed by atoms with Crippen LogP contribution in [0.15, 0.2) is 24.3 Å². The fourth-order valence-corrected chi connectivity index (χ4v) is 4.02. The van der Waals surface area contributed by atoms with Gasteiger partial charge in [0.05, 0.1) is 0 Å². The predicted octanol–water partition coefficient (Wildman–Crippen LogP) is 2.19. The van der Waals surface area contributed by atoms with Gasteiger partial charge in [-0.25, -0.2) is 4.79 Å². The fraction of sp³-hybridized carbons (Fsp3) is 0.588. The van der Waals surface area contributed by atoms with Gasteiger partial charge in [-0.1, -0.05) is 24.3 Å². The van der Waals surface area contributed by atoms with Crippen LogP contribution in [-0.2, 0) is 13.0 Å². The molecule has 22 heavy (non-hydrogen) atoms. The largest absolute Gasteiger partial charge is 0.338 e. The van der Waals surface area contributed by atoms with Gasteiger partial charge in [-0.2, -0.15) is 11.8 Å². The third kappa shape index (κ3) is 4.17. The fourth-order valence-electron chi connectivity index (χ4n) is 3.12. The van der Waals surface area contributed by atoms with Gasteiger partial charge in [-0.15, -0.1) is 0 Å². The van der Waals surface area contributed by atoms with Crippen molar-refractivity contribution in [1.82, 2.24) is 15.1 Å². The van der Waals surface area contributed by atoms with E-state index in [-0.39, 0.29) is 6.03 Å². The van der Waals surface area contributed by atoms with E-state index in [1.54, 1.807) is 0 Å². The van der Waals surface area contributed by atoms with Crippen molar-refractivity contribution < 1.29 is 4.79 Å². The third-order valence-electron chi connectivity index (χ3n) is 4.44. The zero-order valence-electron chi connectivity index (χ0n) is 13.1. The van der Waals surface area contributed by atoms with E-state index in [0.29, 0.717) is 0 Å².